The third-order valence-electron chi connectivity index (χ3n) is 6.87. The summed E-state index contributed by atoms with van der Waals surface area (Å²) in [6.07, 6.45) is 1.75. The van der Waals surface area contributed by atoms with Crippen LogP contribution in [0.5, 0.6) is 5.75 Å². The molecule has 3 aliphatic carbocycles. The highest BCUT2D eigenvalue weighted by molar-refractivity contribution is 5.70. The molecular formula is C22H26F3N3O2. The number of ether oxygens (including phenoxy) is 1. The van der Waals surface area contributed by atoms with Crippen LogP contribution < -0.4 is 15.8 Å². The van der Waals surface area contributed by atoms with Crippen LogP contribution in [0.3, 0.4) is 0 Å². The Bertz CT molecular complexity index is 895. The number of nitrogens with two attached hydrogens (primary N) is 1. The van der Waals surface area contributed by atoms with Crippen molar-refractivity contribution in [3.05, 3.63) is 35.6 Å². The van der Waals surface area contributed by atoms with Gasteiger partial charge in [-0.25, -0.2) is 0 Å². The Labute approximate surface area is 173 Å². The Kier molecular flexibility index (Phi) is 5.01. The van der Waals surface area contributed by atoms with Crippen LogP contribution in [0.1, 0.15) is 55.8 Å². The minimum absolute atomic E-state index is 0.261. The van der Waals surface area contributed by atoms with E-state index in [0.717, 1.165) is 37.0 Å². The molecule has 5 nitrogen and oxygen atoms in total. The van der Waals surface area contributed by atoms with Crippen molar-refractivity contribution in [1.29, 1.82) is 0 Å². The molecule has 30 heavy (non-hydrogen) atoms. The summed E-state index contributed by atoms with van der Waals surface area (Å²) in [5, 5.41) is 7.80. The highest BCUT2D eigenvalue weighted by Gasteiger charge is 2.41. The lowest BCUT2D eigenvalue weighted by Gasteiger charge is -2.33. The first-order valence-corrected chi connectivity index (χ1v) is 10.7. The van der Waals surface area contributed by atoms with Crippen LogP contribution >= 0.6 is 0 Å². The van der Waals surface area contributed by atoms with Crippen LogP contribution in [0, 0.1) is 11.8 Å². The van der Waals surface area contributed by atoms with Gasteiger partial charge in [-0.05, 0) is 62.5 Å². The van der Waals surface area contributed by atoms with Gasteiger partial charge in [-0.3, -0.25) is 0 Å². The Morgan fingerprint density at radius 3 is 2.47 bits per heavy atom. The molecule has 1 aromatic heterocycles. The zero-order valence-electron chi connectivity index (χ0n) is 16.6. The van der Waals surface area contributed by atoms with E-state index in [1.54, 1.807) is 12.1 Å². The summed E-state index contributed by atoms with van der Waals surface area (Å²) >= 11 is 0. The number of rotatable bonds is 6. The third kappa shape index (κ3) is 3.95. The van der Waals surface area contributed by atoms with Crippen LogP contribution in [0.25, 0.3) is 11.3 Å². The smallest absolute Gasteiger partial charge is 0.405 e. The van der Waals surface area contributed by atoms with Crippen LogP contribution in [-0.2, 0) is 6.54 Å². The number of hydrogen-bond acceptors (Lipinski definition) is 5. The summed E-state index contributed by atoms with van der Waals surface area (Å²) in [5.41, 5.74) is 7.89. The fraction of sp³-hybridized carbons (Fsp3) is 0.591. The topological polar surface area (TPSA) is 73.3 Å². The van der Waals surface area contributed by atoms with Gasteiger partial charge >= 0.3 is 6.36 Å². The van der Waals surface area contributed by atoms with Gasteiger partial charge in [-0.2, -0.15) is 0 Å². The number of benzene rings is 1. The second kappa shape index (κ2) is 7.57. The Balaban J connectivity index is 1.40. The fourth-order valence-electron chi connectivity index (χ4n) is 5.23. The van der Waals surface area contributed by atoms with E-state index in [2.05, 4.69) is 15.2 Å². The lowest BCUT2D eigenvalue weighted by Crippen LogP contribution is -2.44. The van der Waals surface area contributed by atoms with E-state index in [4.69, 9.17) is 10.3 Å². The molecule has 3 aliphatic rings. The highest BCUT2D eigenvalue weighted by atomic mass is 19.4. The quantitative estimate of drug-likeness (QED) is 0.706. The molecule has 3 fully saturated rings. The molecule has 0 aliphatic heterocycles. The minimum atomic E-state index is -4.77. The van der Waals surface area contributed by atoms with Crippen molar-refractivity contribution in [3.63, 3.8) is 0 Å². The Morgan fingerprint density at radius 1 is 1.10 bits per heavy atom. The van der Waals surface area contributed by atoms with E-state index < -0.39 is 6.36 Å². The fourth-order valence-corrected chi connectivity index (χ4v) is 5.23. The lowest BCUT2D eigenvalue weighted by atomic mass is 9.81. The second-order valence-corrected chi connectivity index (χ2v) is 8.92. The Hall–Kier alpha value is -2.06. The van der Waals surface area contributed by atoms with E-state index in [0.29, 0.717) is 47.6 Å². The van der Waals surface area contributed by atoms with Crippen molar-refractivity contribution in [1.82, 2.24) is 10.5 Å². The summed E-state index contributed by atoms with van der Waals surface area (Å²) in [4.78, 5) is 0. The van der Waals surface area contributed by atoms with Crippen LogP contribution in [-0.4, -0.2) is 23.6 Å². The van der Waals surface area contributed by atoms with E-state index in [1.807, 2.05) is 0 Å². The van der Waals surface area contributed by atoms with Crippen LogP contribution in [0.4, 0.5) is 13.2 Å². The van der Waals surface area contributed by atoms with Gasteiger partial charge in [-0.1, -0.05) is 17.3 Å². The molecule has 4 atom stereocenters. The van der Waals surface area contributed by atoms with E-state index in [-0.39, 0.29) is 5.75 Å². The van der Waals surface area contributed by atoms with Gasteiger partial charge in [0.2, 0.25) is 0 Å². The first-order valence-electron chi connectivity index (χ1n) is 10.7. The molecule has 2 aromatic rings. The van der Waals surface area contributed by atoms with Gasteiger partial charge in [0, 0.05) is 35.7 Å². The molecule has 0 unspecified atom stereocenters. The molecule has 3 N–H and O–H groups in total. The third-order valence-corrected chi connectivity index (χ3v) is 6.87. The summed E-state index contributed by atoms with van der Waals surface area (Å²) in [6, 6.07) is 6.78. The zero-order chi connectivity index (χ0) is 20.9. The van der Waals surface area contributed by atoms with Gasteiger partial charge in [0.25, 0.3) is 0 Å². The molecule has 1 heterocycles. The molecule has 0 amide bonds. The van der Waals surface area contributed by atoms with Crippen molar-refractivity contribution in [2.45, 2.75) is 69.4 Å². The predicted octanol–water partition coefficient (Wildman–Crippen LogP) is 4.72. The van der Waals surface area contributed by atoms with Crippen molar-refractivity contribution in [2.24, 2.45) is 17.6 Å². The number of alkyl halides is 3. The lowest BCUT2D eigenvalue weighted by molar-refractivity contribution is -0.274. The van der Waals surface area contributed by atoms with Crippen molar-refractivity contribution in [3.8, 4) is 17.0 Å². The maximum absolute atomic E-state index is 12.9. The minimum Gasteiger partial charge on any atom is -0.405 e. The molecule has 0 saturated heterocycles. The number of hydrogen-bond donors (Lipinski definition) is 2. The number of nitrogens with zero attached hydrogens (tertiary/aromatic N) is 1. The molecule has 162 valence electrons. The summed E-state index contributed by atoms with van der Waals surface area (Å²) in [6.45, 7) is 0.518. The Morgan fingerprint density at radius 2 is 1.80 bits per heavy atom. The molecule has 2 bridgehead atoms. The first-order chi connectivity index (χ1) is 14.4. The molecule has 8 heteroatoms. The molecule has 0 radical (unpaired) electrons. The molecule has 1 aromatic carbocycles. The van der Waals surface area contributed by atoms with E-state index >= 15 is 0 Å². The monoisotopic (exact) mass is 421 g/mol. The number of fused-ring (bicyclic) bond motifs is 2. The summed E-state index contributed by atoms with van der Waals surface area (Å²) in [5.74, 6) is 1.95. The van der Waals surface area contributed by atoms with E-state index in [9.17, 15) is 13.2 Å². The van der Waals surface area contributed by atoms with Crippen LogP contribution in [0.15, 0.2) is 28.8 Å². The van der Waals surface area contributed by atoms with Crippen molar-refractivity contribution >= 4 is 0 Å². The van der Waals surface area contributed by atoms with Gasteiger partial charge < -0.3 is 20.3 Å². The number of aromatic nitrogens is 1. The first kappa shape index (κ1) is 19.9. The summed E-state index contributed by atoms with van der Waals surface area (Å²) in [7, 11) is 0. The largest absolute Gasteiger partial charge is 0.573 e. The van der Waals surface area contributed by atoms with Gasteiger partial charge in [0.15, 0.2) is 0 Å². The second-order valence-electron chi connectivity index (χ2n) is 8.92. The average Bonchev–Trinajstić information content (AvgIpc) is 3.42. The maximum Gasteiger partial charge on any atom is 0.573 e. The normalized spacial score (nSPS) is 28.7. The van der Waals surface area contributed by atoms with Crippen molar-refractivity contribution < 1.29 is 22.4 Å². The predicted molar refractivity (Wildman–Crippen MR) is 105 cm³/mol. The standard InChI is InChI=1S/C22H26F3N3O2/c23-22(24,25)29-18-4-2-1-3-16(18)20-17(21(30-28-20)12-5-6-12)11-27-15-9-13-7-8-14(10-15)19(13)26/h1-4,12-15,19,27H,5-11,26H2/t13-,14+,15+,19-. The molecular weight excluding hydrogens is 395 g/mol. The number of halogens is 3. The van der Waals surface area contributed by atoms with E-state index in [1.165, 1.54) is 25.0 Å². The number of nitrogens with one attached hydrogen (secondary N) is 1. The van der Waals surface area contributed by atoms with Crippen LogP contribution in [0.2, 0.25) is 0 Å². The maximum atomic E-state index is 12.9. The zero-order valence-corrected chi connectivity index (χ0v) is 16.6. The van der Waals surface area contributed by atoms with Gasteiger partial charge in [0.05, 0.1) is 0 Å². The molecule has 3 saturated carbocycles. The molecule has 5 rings (SSSR count). The SMILES string of the molecule is N[C@@H]1[C@@H]2CC[C@H]1C[C@@H](NCc1c(-c3ccccc3OC(F)(F)F)noc1C1CC1)C2. The van der Waals surface area contributed by atoms with Gasteiger partial charge in [0.1, 0.15) is 17.2 Å². The highest BCUT2D eigenvalue weighted by Crippen LogP contribution is 2.46. The average molecular weight is 421 g/mol. The summed E-state index contributed by atoms with van der Waals surface area (Å²) < 4.78 is 48.6. The van der Waals surface area contributed by atoms with Gasteiger partial charge in [-0.15, -0.1) is 13.2 Å². The molecule has 0 spiro atoms. The van der Waals surface area contributed by atoms with Crippen molar-refractivity contribution in [2.75, 3.05) is 0 Å². The number of para-hydroxylation sites is 1.